The smallest absolute Gasteiger partial charge is 0.408 e. The number of nitrogens with one attached hydrogen (secondary N) is 1. The van der Waals surface area contributed by atoms with Gasteiger partial charge >= 0.3 is 17.6 Å². The maximum Gasteiger partial charge on any atom is 0.408 e. The van der Waals surface area contributed by atoms with Gasteiger partial charge in [-0.15, -0.1) is 0 Å². The first-order valence-electron chi connectivity index (χ1n) is 8.29. The van der Waals surface area contributed by atoms with E-state index in [-0.39, 0.29) is 36.6 Å². The topological polar surface area (TPSA) is 147 Å². The number of amides is 1. The predicted octanol–water partition coefficient (Wildman–Crippen LogP) is 1.84. The van der Waals surface area contributed by atoms with Gasteiger partial charge in [0.1, 0.15) is 6.54 Å². The van der Waals surface area contributed by atoms with Crippen LogP contribution in [0.4, 0.5) is 5.82 Å². The zero-order valence-corrected chi connectivity index (χ0v) is 15.7. The molecular formula is C16H13ClN6O6. The van der Waals surface area contributed by atoms with Gasteiger partial charge < -0.3 is 29.4 Å². The first-order valence-corrected chi connectivity index (χ1v) is 8.67. The molecule has 12 nitrogen and oxygen atoms in total. The van der Waals surface area contributed by atoms with E-state index in [1.54, 1.807) is 25.1 Å². The molecule has 29 heavy (non-hydrogen) atoms. The fraction of sp³-hybridized carbons (Fsp3) is 0.250. The van der Waals surface area contributed by atoms with Gasteiger partial charge in [-0.1, -0.05) is 22.8 Å². The second-order valence-electron chi connectivity index (χ2n) is 6.02. The summed E-state index contributed by atoms with van der Waals surface area (Å²) in [6, 6.07) is 5.31. The highest BCUT2D eigenvalue weighted by molar-refractivity contribution is 6.33. The van der Waals surface area contributed by atoms with Crippen LogP contribution in [0.25, 0.3) is 0 Å². The molecule has 0 fully saturated rings. The van der Waals surface area contributed by atoms with Crippen molar-refractivity contribution in [2.45, 2.75) is 20.0 Å². The highest BCUT2D eigenvalue weighted by atomic mass is 35.5. The van der Waals surface area contributed by atoms with Crippen molar-refractivity contribution in [2.24, 2.45) is 0 Å². The average molecular weight is 421 g/mol. The molecule has 3 heterocycles. The summed E-state index contributed by atoms with van der Waals surface area (Å²) in [6.07, 6.45) is 0. The number of ether oxygens (including phenoxy) is 2. The Kier molecular flexibility index (Phi) is 4.76. The van der Waals surface area contributed by atoms with E-state index >= 15 is 0 Å². The molecule has 1 amide bonds. The standard InChI is InChI=1S/C16H13ClN6O6/c1-8-13(17)14(23(25)26)20-22(8)6-12-19-16(29-21-12)15(24)18-5-9-2-3-10-11(4-9)28-7-27-10/h2-4H,5-7H2,1H3,(H,18,24). The van der Waals surface area contributed by atoms with Gasteiger partial charge in [0, 0.05) is 6.54 Å². The Bertz CT molecular complexity index is 1110. The van der Waals surface area contributed by atoms with Crippen LogP contribution in [0.2, 0.25) is 5.02 Å². The van der Waals surface area contributed by atoms with Gasteiger partial charge in [-0.05, 0) is 29.5 Å². The normalized spacial score (nSPS) is 12.2. The Labute approximate surface area is 167 Å². The lowest BCUT2D eigenvalue weighted by molar-refractivity contribution is -0.389. The minimum absolute atomic E-state index is 0.0433. The van der Waals surface area contributed by atoms with E-state index in [0.29, 0.717) is 17.2 Å². The molecule has 0 radical (unpaired) electrons. The van der Waals surface area contributed by atoms with Gasteiger partial charge in [0.2, 0.25) is 6.79 Å². The van der Waals surface area contributed by atoms with Crippen molar-refractivity contribution < 1.29 is 23.7 Å². The van der Waals surface area contributed by atoms with Crippen molar-refractivity contribution in [2.75, 3.05) is 6.79 Å². The van der Waals surface area contributed by atoms with Crippen molar-refractivity contribution in [3.05, 3.63) is 56.3 Å². The van der Waals surface area contributed by atoms with E-state index in [4.69, 9.17) is 25.6 Å². The number of rotatable bonds is 6. The number of nitrogens with zero attached hydrogens (tertiary/aromatic N) is 5. The Morgan fingerprint density at radius 3 is 2.93 bits per heavy atom. The second kappa shape index (κ2) is 7.39. The van der Waals surface area contributed by atoms with Gasteiger partial charge in [-0.3, -0.25) is 4.79 Å². The van der Waals surface area contributed by atoms with Gasteiger partial charge in [0.15, 0.2) is 22.3 Å². The van der Waals surface area contributed by atoms with Gasteiger partial charge in [0.25, 0.3) is 0 Å². The van der Waals surface area contributed by atoms with Crippen molar-refractivity contribution in [1.82, 2.24) is 25.2 Å². The third-order valence-corrected chi connectivity index (χ3v) is 4.58. The highest BCUT2D eigenvalue weighted by Crippen LogP contribution is 2.32. The molecule has 0 saturated heterocycles. The van der Waals surface area contributed by atoms with E-state index in [1.807, 2.05) is 0 Å². The van der Waals surface area contributed by atoms with Crippen LogP contribution in [0.3, 0.4) is 0 Å². The van der Waals surface area contributed by atoms with Crippen LogP contribution >= 0.6 is 11.6 Å². The fourth-order valence-electron chi connectivity index (χ4n) is 2.63. The van der Waals surface area contributed by atoms with Crippen molar-refractivity contribution in [3.63, 3.8) is 0 Å². The van der Waals surface area contributed by atoms with Crippen LogP contribution in [0.15, 0.2) is 22.7 Å². The summed E-state index contributed by atoms with van der Waals surface area (Å²) < 4.78 is 16.7. The van der Waals surface area contributed by atoms with Gasteiger partial charge in [-0.2, -0.15) is 9.67 Å². The molecule has 1 N–H and O–H groups in total. The minimum Gasteiger partial charge on any atom is -0.454 e. The van der Waals surface area contributed by atoms with E-state index in [2.05, 4.69) is 20.6 Å². The molecule has 0 bridgehead atoms. The van der Waals surface area contributed by atoms with E-state index < -0.39 is 16.6 Å². The summed E-state index contributed by atoms with van der Waals surface area (Å²) in [6.45, 7) is 1.91. The zero-order valence-electron chi connectivity index (χ0n) is 14.9. The first kappa shape index (κ1) is 18.7. The van der Waals surface area contributed by atoms with Crippen LogP contribution in [0, 0.1) is 17.0 Å². The molecule has 0 saturated carbocycles. The number of aromatic nitrogens is 4. The molecule has 4 rings (SSSR count). The molecule has 0 unspecified atom stereocenters. The van der Waals surface area contributed by atoms with Crippen LogP contribution in [-0.2, 0) is 13.1 Å². The number of fused-ring (bicyclic) bond motifs is 1. The summed E-state index contributed by atoms with van der Waals surface area (Å²) in [7, 11) is 0. The number of nitro groups is 1. The molecule has 150 valence electrons. The van der Waals surface area contributed by atoms with E-state index in [1.165, 1.54) is 4.68 Å². The lowest BCUT2D eigenvalue weighted by atomic mass is 10.2. The summed E-state index contributed by atoms with van der Waals surface area (Å²) in [5.74, 6) is 0.105. The van der Waals surface area contributed by atoms with E-state index in [0.717, 1.165) is 5.56 Å². The van der Waals surface area contributed by atoms with Crippen LogP contribution in [-0.4, -0.2) is 37.5 Å². The molecule has 1 aliphatic heterocycles. The van der Waals surface area contributed by atoms with Gasteiger partial charge in [-0.25, -0.2) is 0 Å². The summed E-state index contributed by atoms with van der Waals surface area (Å²) in [5, 5.41) is 21.0. The zero-order chi connectivity index (χ0) is 20.5. The Hall–Kier alpha value is -3.67. The van der Waals surface area contributed by atoms with E-state index in [9.17, 15) is 14.9 Å². The molecule has 2 aromatic heterocycles. The Morgan fingerprint density at radius 2 is 2.17 bits per heavy atom. The van der Waals surface area contributed by atoms with Crippen molar-refractivity contribution in [1.29, 1.82) is 0 Å². The second-order valence-corrected chi connectivity index (χ2v) is 6.40. The molecule has 1 aliphatic rings. The average Bonchev–Trinajstić information content (AvgIpc) is 3.42. The minimum atomic E-state index is -0.683. The van der Waals surface area contributed by atoms with Crippen LogP contribution in [0.1, 0.15) is 27.8 Å². The third-order valence-electron chi connectivity index (χ3n) is 4.13. The SMILES string of the molecule is Cc1c(Cl)c([N+](=O)[O-])nn1Cc1noc(C(=O)NCc2ccc3c(c2)OCO3)n1. The molecule has 3 aromatic rings. The number of carbonyl (C=O) groups is 1. The summed E-state index contributed by atoms with van der Waals surface area (Å²) >= 11 is 5.90. The molecular weight excluding hydrogens is 408 g/mol. The third kappa shape index (κ3) is 3.69. The fourth-order valence-corrected chi connectivity index (χ4v) is 2.84. The summed E-state index contributed by atoms with van der Waals surface area (Å²) in [5.41, 5.74) is 1.17. The maximum atomic E-state index is 12.2. The Balaban J connectivity index is 1.40. The Morgan fingerprint density at radius 1 is 1.38 bits per heavy atom. The molecule has 0 atom stereocenters. The lowest BCUT2D eigenvalue weighted by Crippen LogP contribution is -2.23. The molecule has 1 aromatic carbocycles. The quantitative estimate of drug-likeness (QED) is 0.465. The summed E-state index contributed by atoms with van der Waals surface area (Å²) in [4.78, 5) is 26.5. The van der Waals surface area contributed by atoms with Crippen LogP contribution < -0.4 is 14.8 Å². The number of hydrogen-bond acceptors (Lipinski definition) is 9. The number of halogens is 1. The number of benzene rings is 1. The monoisotopic (exact) mass is 420 g/mol. The molecule has 13 heteroatoms. The molecule has 0 aliphatic carbocycles. The van der Waals surface area contributed by atoms with Crippen molar-refractivity contribution >= 4 is 23.3 Å². The predicted molar refractivity (Wildman–Crippen MR) is 95.8 cm³/mol. The van der Waals surface area contributed by atoms with Gasteiger partial charge in [0.05, 0.1) is 10.8 Å². The number of carbonyl (C=O) groups excluding carboxylic acids is 1. The van der Waals surface area contributed by atoms with Crippen LogP contribution in [0.5, 0.6) is 11.5 Å². The lowest BCUT2D eigenvalue weighted by Gasteiger charge is -2.03. The number of hydrogen-bond donors (Lipinski definition) is 1. The highest BCUT2D eigenvalue weighted by Gasteiger charge is 2.25. The van der Waals surface area contributed by atoms with Crippen molar-refractivity contribution in [3.8, 4) is 11.5 Å². The maximum absolute atomic E-state index is 12.2. The molecule has 0 spiro atoms. The first-order chi connectivity index (χ1) is 13.9. The largest absolute Gasteiger partial charge is 0.454 e.